The van der Waals surface area contributed by atoms with Crippen molar-refractivity contribution in [1.29, 1.82) is 0 Å². The fourth-order valence-corrected chi connectivity index (χ4v) is 4.54. The molecular formula is C21H23N5O2. The average molecular weight is 377 g/mol. The summed E-state index contributed by atoms with van der Waals surface area (Å²) in [5, 5.41) is 5.43. The van der Waals surface area contributed by atoms with Crippen LogP contribution >= 0.6 is 0 Å². The summed E-state index contributed by atoms with van der Waals surface area (Å²) < 4.78 is 1.79. The lowest BCUT2D eigenvalue weighted by Gasteiger charge is -2.31. The number of hydrogen-bond donors (Lipinski definition) is 1. The van der Waals surface area contributed by atoms with Crippen molar-refractivity contribution in [3.63, 3.8) is 0 Å². The second-order valence-corrected chi connectivity index (χ2v) is 7.80. The molecule has 0 unspecified atom stereocenters. The fourth-order valence-electron chi connectivity index (χ4n) is 4.54. The second-order valence-electron chi connectivity index (χ2n) is 7.80. The number of hydrogen-bond acceptors (Lipinski definition) is 6. The Morgan fingerprint density at radius 2 is 2.00 bits per heavy atom. The normalized spacial score (nSPS) is 22.2. The first-order valence-electron chi connectivity index (χ1n) is 9.55. The molecule has 0 amide bonds. The Morgan fingerprint density at radius 1 is 1.18 bits per heavy atom. The molecule has 0 spiro atoms. The number of rotatable bonds is 4. The number of likely N-dealkylation sites (tertiary alicyclic amines) is 2. The molecule has 2 aliphatic heterocycles. The summed E-state index contributed by atoms with van der Waals surface area (Å²) in [6.07, 6.45) is 3.20. The van der Waals surface area contributed by atoms with Crippen molar-refractivity contribution in [1.82, 2.24) is 19.6 Å². The van der Waals surface area contributed by atoms with Crippen LogP contribution in [0.15, 0.2) is 48.7 Å². The van der Waals surface area contributed by atoms with Crippen molar-refractivity contribution in [2.75, 3.05) is 20.1 Å². The smallest absolute Gasteiger partial charge is 0.358 e. The van der Waals surface area contributed by atoms with Gasteiger partial charge < -0.3 is 9.74 Å². The zero-order chi connectivity index (χ0) is 19.3. The summed E-state index contributed by atoms with van der Waals surface area (Å²) in [5.41, 5.74) is 3.21. The van der Waals surface area contributed by atoms with Crippen LogP contribution in [-0.4, -0.2) is 57.8 Å². The summed E-state index contributed by atoms with van der Waals surface area (Å²) >= 11 is 0. The van der Waals surface area contributed by atoms with Crippen LogP contribution in [0.1, 0.15) is 22.3 Å². The fraction of sp³-hybridized carbons (Fsp3) is 0.333. The molecule has 2 fully saturated rings. The number of carbonyl (C=O) groups is 1. The minimum Gasteiger partial charge on any atom is -0.370 e. The largest absolute Gasteiger partial charge is 0.370 e. The van der Waals surface area contributed by atoms with Crippen LogP contribution in [0.25, 0.3) is 16.6 Å². The van der Waals surface area contributed by atoms with Gasteiger partial charge in [-0.25, -0.2) is 9.48 Å². The maximum atomic E-state index is 11.9. The zero-order valence-corrected chi connectivity index (χ0v) is 15.8. The van der Waals surface area contributed by atoms with E-state index < -0.39 is 5.97 Å². The third-order valence-corrected chi connectivity index (χ3v) is 6.08. The van der Waals surface area contributed by atoms with E-state index >= 15 is 0 Å². The SMILES string of the molecule is CN1C[C@@H]2C[C@H]1CN2Cc1ccc(-n2cc3cccc(C(=O)ON)c3n2)cc1. The zero-order valence-electron chi connectivity index (χ0n) is 15.8. The van der Waals surface area contributed by atoms with Crippen LogP contribution in [0.3, 0.4) is 0 Å². The van der Waals surface area contributed by atoms with E-state index in [0.717, 1.165) is 30.2 Å². The Kier molecular flexibility index (Phi) is 4.16. The van der Waals surface area contributed by atoms with Crippen molar-refractivity contribution in [2.24, 2.45) is 5.90 Å². The van der Waals surface area contributed by atoms with Crippen LogP contribution in [0.2, 0.25) is 0 Å². The lowest BCUT2D eigenvalue weighted by atomic mass is 10.1. The first-order chi connectivity index (χ1) is 13.6. The lowest BCUT2D eigenvalue weighted by molar-refractivity contribution is 0.0505. The molecule has 144 valence electrons. The molecule has 28 heavy (non-hydrogen) atoms. The maximum Gasteiger partial charge on any atom is 0.358 e. The topological polar surface area (TPSA) is 76.6 Å². The summed E-state index contributed by atoms with van der Waals surface area (Å²) in [5.74, 6) is 4.45. The van der Waals surface area contributed by atoms with Gasteiger partial charge in [-0.05, 0) is 37.2 Å². The highest BCUT2D eigenvalue weighted by atomic mass is 16.7. The summed E-state index contributed by atoms with van der Waals surface area (Å²) in [4.78, 5) is 21.3. The van der Waals surface area contributed by atoms with E-state index in [1.54, 1.807) is 16.8 Å². The van der Waals surface area contributed by atoms with Gasteiger partial charge in [-0.15, -0.1) is 0 Å². The molecule has 2 saturated heterocycles. The van der Waals surface area contributed by atoms with Gasteiger partial charge in [-0.3, -0.25) is 4.90 Å². The highest BCUT2D eigenvalue weighted by Crippen LogP contribution is 2.30. The predicted molar refractivity (Wildman–Crippen MR) is 106 cm³/mol. The number of aromatic nitrogens is 2. The van der Waals surface area contributed by atoms with Crippen LogP contribution in [0.5, 0.6) is 0 Å². The van der Waals surface area contributed by atoms with Gasteiger partial charge in [0.1, 0.15) is 5.52 Å². The predicted octanol–water partition coefficient (Wildman–Crippen LogP) is 1.94. The monoisotopic (exact) mass is 377 g/mol. The van der Waals surface area contributed by atoms with Crippen molar-refractivity contribution < 1.29 is 9.63 Å². The molecule has 5 rings (SSSR count). The molecule has 2 bridgehead atoms. The lowest BCUT2D eigenvalue weighted by Crippen LogP contribution is -2.43. The standard InChI is InChI=1S/C21H23N5O2/c1-24-12-18-9-17(24)13-25(18)10-14-5-7-16(8-6-14)26-11-15-3-2-4-19(20(15)23-26)21(27)28-22/h2-8,11,17-18H,9-10,12-13,22H2,1H3/t17-,18-/m0/s1. The number of piperazine rings is 1. The highest BCUT2D eigenvalue weighted by molar-refractivity contribution is 6.02. The summed E-state index contributed by atoms with van der Waals surface area (Å²) in [7, 11) is 2.23. The Bertz CT molecular complexity index is 1030. The number of benzene rings is 2. The van der Waals surface area contributed by atoms with Crippen molar-refractivity contribution in [2.45, 2.75) is 25.0 Å². The molecule has 3 aromatic rings. The molecule has 7 heteroatoms. The third-order valence-electron chi connectivity index (χ3n) is 6.08. The molecule has 2 atom stereocenters. The average Bonchev–Trinajstić information content (AvgIpc) is 3.41. The van der Waals surface area contributed by atoms with Gasteiger partial charge >= 0.3 is 5.97 Å². The van der Waals surface area contributed by atoms with Gasteiger partial charge in [-0.1, -0.05) is 24.3 Å². The Morgan fingerprint density at radius 3 is 2.68 bits per heavy atom. The van der Waals surface area contributed by atoms with Crippen molar-refractivity contribution >= 4 is 16.9 Å². The molecular weight excluding hydrogens is 354 g/mol. The van der Waals surface area contributed by atoms with Crippen LogP contribution < -0.4 is 5.90 Å². The van der Waals surface area contributed by atoms with E-state index in [0.29, 0.717) is 17.1 Å². The number of nitrogens with two attached hydrogens (primary N) is 1. The number of carbonyl (C=O) groups excluding carboxylic acids is 1. The summed E-state index contributed by atoms with van der Waals surface area (Å²) in [6.45, 7) is 3.33. The molecule has 0 radical (unpaired) electrons. The van der Waals surface area contributed by atoms with E-state index in [9.17, 15) is 4.79 Å². The highest BCUT2D eigenvalue weighted by Gasteiger charge is 2.40. The van der Waals surface area contributed by atoms with E-state index in [4.69, 9.17) is 5.90 Å². The molecule has 1 aromatic heterocycles. The van der Waals surface area contributed by atoms with Gasteiger partial charge in [0.2, 0.25) is 0 Å². The van der Waals surface area contributed by atoms with Gasteiger partial charge in [0.25, 0.3) is 0 Å². The third kappa shape index (κ3) is 2.88. The molecule has 0 saturated carbocycles. The quantitative estimate of drug-likeness (QED) is 0.701. The summed E-state index contributed by atoms with van der Waals surface area (Å²) in [6, 6.07) is 15.2. The first-order valence-corrected chi connectivity index (χ1v) is 9.55. The van der Waals surface area contributed by atoms with E-state index in [1.807, 2.05) is 12.3 Å². The molecule has 2 N–H and O–H groups in total. The molecule has 3 heterocycles. The molecule has 2 aromatic carbocycles. The molecule has 7 nitrogen and oxygen atoms in total. The van der Waals surface area contributed by atoms with E-state index in [-0.39, 0.29) is 0 Å². The van der Waals surface area contributed by atoms with Crippen molar-refractivity contribution in [3.05, 3.63) is 59.8 Å². The van der Waals surface area contributed by atoms with Crippen LogP contribution in [0, 0.1) is 0 Å². The number of fused-ring (bicyclic) bond motifs is 3. The Hall–Kier alpha value is -2.74. The minimum absolute atomic E-state index is 0.365. The number of nitrogens with zero attached hydrogens (tertiary/aromatic N) is 4. The van der Waals surface area contributed by atoms with Gasteiger partial charge in [0.15, 0.2) is 0 Å². The second kappa shape index (κ2) is 6.70. The minimum atomic E-state index is -0.586. The Balaban J connectivity index is 1.37. The van der Waals surface area contributed by atoms with Crippen LogP contribution in [0.4, 0.5) is 0 Å². The van der Waals surface area contributed by atoms with Crippen molar-refractivity contribution in [3.8, 4) is 5.69 Å². The Labute approximate surface area is 163 Å². The number of likely N-dealkylation sites (N-methyl/N-ethyl adjacent to an activating group) is 1. The van der Waals surface area contributed by atoms with Gasteiger partial charge in [0.05, 0.1) is 11.3 Å². The van der Waals surface area contributed by atoms with Gasteiger partial charge in [0, 0.05) is 43.3 Å². The van der Waals surface area contributed by atoms with E-state index in [1.165, 1.54) is 18.5 Å². The molecule has 2 aliphatic rings. The first kappa shape index (κ1) is 17.4. The molecule has 0 aliphatic carbocycles. The van der Waals surface area contributed by atoms with Crippen LogP contribution in [-0.2, 0) is 11.4 Å². The van der Waals surface area contributed by atoms with E-state index in [2.05, 4.69) is 51.0 Å². The van der Waals surface area contributed by atoms with Gasteiger partial charge in [-0.2, -0.15) is 11.0 Å². The maximum absolute atomic E-state index is 11.9.